The molecule has 278 valence electrons. The van der Waals surface area contributed by atoms with Crippen LogP contribution >= 0.6 is 0 Å². The van der Waals surface area contributed by atoms with E-state index >= 15 is 0 Å². The van der Waals surface area contributed by atoms with Crippen molar-refractivity contribution in [2.45, 2.75) is 142 Å². The summed E-state index contributed by atoms with van der Waals surface area (Å²) in [5, 5.41) is 11.0. The molecule has 2 atom stereocenters. The molecular weight excluding hydrogens is 632 g/mol. The van der Waals surface area contributed by atoms with E-state index in [0.717, 1.165) is 36.8 Å². The molecule has 4 N–H and O–H groups in total. The number of carbonyl (C=O) groups excluding carboxylic acids is 4. The zero-order valence-electron chi connectivity index (χ0n) is 30.5. The maximum absolute atomic E-state index is 12.2. The Bertz CT molecular complexity index is 1100. The van der Waals surface area contributed by atoms with Crippen LogP contribution in [-0.2, 0) is 32.3 Å². The molecule has 0 unspecified atom stereocenters. The molecule has 0 radical (unpaired) electrons. The SMILES string of the molecule is C[C@H](NC(=O)OCc1ccccc1)C(=O)NCCCCCCCCCCCCCCCCCCNC(=O)[C@H](C)NC(=O)OCc1ccccc1. The molecule has 2 aromatic carbocycles. The maximum Gasteiger partial charge on any atom is 0.408 e. The van der Waals surface area contributed by atoms with Crippen molar-refractivity contribution in [1.82, 2.24) is 21.3 Å². The monoisotopic (exact) mass is 694 g/mol. The molecule has 4 amide bonds. The van der Waals surface area contributed by atoms with Crippen LogP contribution < -0.4 is 21.3 Å². The lowest BCUT2D eigenvalue weighted by Gasteiger charge is -2.14. The summed E-state index contributed by atoms with van der Waals surface area (Å²) in [5.41, 5.74) is 1.80. The largest absolute Gasteiger partial charge is 0.445 e. The number of hydrogen-bond acceptors (Lipinski definition) is 6. The molecule has 0 bridgehead atoms. The summed E-state index contributed by atoms with van der Waals surface area (Å²) in [6.45, 7) is 4.91. The van der Waals surface area contributed by atoms with Gasteiger partial charge in [-0.1, -0.05) is 151 Å². The van der Waals surface area contributed by atoms with Gasteiger partial charge in [-0.3, -0.25) is 9.59 Å². The summed E-state index contributed by atoms with van der Waals surface area (Å²) in [6, 6.07) is 17.6. The number of carbonyl (C=O) groups is 4. The third-order valence-electron chi connectivity index (χ3n) is 8.58. The van der Waals surface area contributed by atoms with Crippen LogP contribution in [0.3, 0.4) is 0 Å². The minimum Gasteiger partial charge on any atom is -0.445 e. The first-order valence-corrected chi connectivity index (χ1v) is 18.8. The zero-order chi connectivity index (χ0) is 36.1. The highest BCUT2D eigenvalue weighted by molar-refractivity contribution is 5.85. The lowest BCUT2D eigenvalue weighted by atomic mass is 10.0. The third kappa shape index (κ3) is 21.8. The van der Waals surface area contributed by atoms with E-state index in [1.54, 1.807) is 13.8 Å². The van der Waals surface area contributed by atoms with E-state index in [0.29, 0.717) is 13.1 Å². The van der Waals surface area contributed by atoms with Gasteiger partial charge in [0, 0.05) is 13.1 Å². The van der Waals surface area contributed by atoms with E-state index in [9.17, 15) is 19.2 Å². The van der Waals surface area contributed by atoms with Gasteiger partial charge in [-0.15, -0.1) is 0 Å². The number of rotatable bonds is 27. The van der Waals surface area contributed by atoms with Crippen LogP contribution in [-0.4, -0.2) is 49.2 Å². The average Bonchev–Trinajstić information content (AvgIpc) is 3.12. The fourth-order valence-corrected chi connectivity index (χ4v) is 5.47. The van der Waals surface area contributed by atoms with Gasteiger partial charge in [-0.25, -0.2) is 9.59 Å². The Morgan fingerprint density at radius 2 is 0.740 bits per heavy atom. The predicted molar refractivity (Wildman–Crippen MR) is 198 cm³/mol. The van der Waals surface area contributed by atoms with Gasteiger partial charge in [0.1, 0.15) is 25.3 Å². The van der Waals surface area contributed by atoms with Gasteiger partial charge in [0.05, 0.1) is 0 Å². The molecule has 10 heteroatoms. The van der Waals surface area contributed by atoms with E-state index in [2.05, 4.69) is 21.3 Å². The van der Waals surface area contributed by atoms with Crippen molar-refractivity contribution >= 4 is 24.0 Å². The van der Waals surface area contributed by atoms with Crippen molar-refractivity contribution in [2.24, 2.45) is 0 Å². The Kier molecular flexibility index (Phi) is 23.3. The van der Waals surface area contributed by atoms with E-state index in [1.807, 2.05) is 60.7 Å². The smallest absolute Gasteiger partial charge is 0.408 e. The summed E-state index contributed by atoms with van der Waals surface area (Å²) < 4.78 is 10.3. The molecule has 0 aromatic heterocycles. The molecular formula is C40H62N4O6. The number of hydrogen-bond donors (Lipinski definition) is 4. The number of alkyl carbamates (subject to hydrolysis) is 2. The highest BCUT2D eigenvalue weighted by atomic mass is 16.6. The van der Waals surface area contributed by atoms with E-state index in [1.165, 1.54) is 77.0 Å². The number of amides is 4. The molecule has 50 heavy (non-hydrogen) atoms. The minimum atomic E-state index is -0.637. The maximum atomic E-state index is 12.2. The van der Waals surface area contributed by atoms with Gasteiger partial charge < -0.3 is 30.7 Å². The first kappa shape index (κ1) is 42.1. The normalized spacial score (nSPS) is 12.0. The highest BCUT2D eigenvalue weighted by Crippen LogP contribution is 2.14. The van der Waals surface area contributed by atoms with E-state index in [-0.39, 0.29) is 25.0 Å². The number of nitrogens with one attached hydrogen (secondary N) is 4. The van der Waals surface area contributed by atoms with E-state index < -0.39 is 24.3 Å². The minimum absolute atomic E-state index is 0.175. The van der Waals surface area contributed by atoms with Crippen molar-refractivity contribution in [2.75, 3.05) is 13.1 Å². The van der Waals surface area contributed by atoms with Crippen LogP contribution in [0.5, 0.6) is 0 Å². The van der Waals surface area contributed by atoms with Gasteiger partial charge >= 0.3 is 12.2 Å². The summed E-state index contributed by atoms with van der Waals surface area (Å²) in [7, 11) is 0. The number of ether oxygens (including phenoxy) is 2. The van der Waals surface area contributed by atoms with Crippen molar-refractivity contribution < 1.29 is 28.7 Å². The van der Waals surface area contributed by atoms with Crippen LogP contribution in [0.1, 0.15) is 128 Å². The average molecular weight is 695 g/mol. The molecule has 0 aliphatic heterocycles. The fraction of sp³-hybridized carbons (Fsp3) is 0.600. The van der Waals surface area contributed by atoms with Crippen molar-refractivity contribution in [1.29, 1.82) is 0 Å². The second kappa shape index (κ2) is 27.7. The number of unbranched alkanes of at least 4 members (excludes halogenated alkanes) is 15. The Morgan fingerprint density at radius 1 is 0.460 bits per heavy atom. The van der Waals surface area contributed by atoms with Crippen molar-refractivity contribution in [3.8, 4) is 0 Å². The van der Waals surface area contributed by atoms with Crippen LogP contribution in [0, 0.1) is 0 Å². The molecule has 0 saturated carbocycles. The molecule has 0 aliphatic rings. The van der Waals surface area contributed by atoms with Crippen LogP contribution in [0.2, 0.25) is 0 Å². The summed E-state index contributed by atoms with van der Waals surface area (Å²) >= 11 is 0. The topological polar surface area (TPSA) is 135 Å². The van der Waals surface area contributed by atoms with E-state index in [4.69, 9.17) is 9.47 Å². The zero-order valence-corrected chi connectivity index (χ0v) is 30.5. The molecule has 0 heterocycles. The Labute approximate surface area is 300 Å². The van der Waals surface area contributed by atoms with Gasteiger partial charge in [-0.05, 0) is 37.8 Å². The molecule has 0 aliphatic carbocycles. The summed E-state index contributed by atoms with van der Waals surface area (Å²) in [6.07, 6.45) is 18.1. The van der Waals surface area contributed by atoms with Crippen molar-refractivity contribution in [3.63, 3.8) is 0 Å². The molecule has 2 aromatic rings. The van der Waals surface area contributed by atoms with Crippen LogP contribution in [0.25, 0.3) is 0 Å². The van der Waals surface area contributed by atoms with Crippen LogP contribution in [0.4, 0.5) is 9.59 Å². The Balaban J connectivity index is 1.27. The van der Waals surface area contributed by atoms with Crippen molar-refractivity contribution in [3.05, 3.63) is 71.8 Å². The van der Waals surface area contributed by atoms with Gasteiger partial charge in [0.25, 0.3) is 0 Å². The summed E-state index contributed by atoms with van der Waals surface area (Å²) in [5.74, 6) is -0.386. The van der Waals surface area contributed by atoms with Gasteiger partial charge in [-0.2, -0.15) is 0 Å². The van der Waals surface area contributed by atoms with Gasteiger partial charge in [0.15, 0.2) is 0 Å². The fourth-order valence-electron chi connectivity index (χ4n) is 5.47. The molecule has 10 nitrogen and oxygen atoms in total. The lowest BCUT2D eigenvalue weighted by Crippen LogP contribution is -2.45. The molecule has 0 spiro atoms. The first-order chi connectivity index (χ1) is 24.3. The first-order valence-electron chi connectivity index (χ1n) is 18.8. The predicted octanol–water partition coefficient (Wildman–Crippen LogP) is 8.09. The Morgan fingerprint density at radius 3 is 1.04 bits per heavy atom. The quantitative estimate of drug-likeness (QED) is 0.0699. The second-order valence-corrected chi connectivity index (χ2v) is 13.1. The summed E-state index contributed by atoms with van der Waals surface area (Å²) in [4.78, 5) is 48.3. The molecule has 2 rings (SSSR count). The molecule has 0 fully saturated rings. The second-order valence-electron chi connectivity index (χ2n) is 13.1. The molecule has 0 saturated heterocycles. The number of benzene rings is 2. The van der Waals surface area contributed by atoms with Gasteiger partial charge in [0.2, 0.25) is 11.8 Å². The Hall–Kier alpha value is -4.08. The third-order valence-corrected chi connectivity index (χ3v) is 8.58. The lowest BCUT2D eigenvalue weighted by molar-refractivity contribution is -0.123. The standard InChI is InChI=1S/C40H62N4O6/c1-33(43-39(47)49-31-35-25-19-17-20-26-35)37(45)41-29-23-15-13-11-9-7-5-3-4-6-8-10-12-14-16-24-30-42-38(46)34(2)44-40(48)50-32-36-27-21-18-22-28-36/h17-22,25-28,33-34H,3-16,23-24,29-32H2,1-2H3,(H,41,45)(H,42,46)(H,43,47)(H,44,48)/t33-,34-/m0/s1. The van der Waals surface area contributed by atoms with Crippen LogP contribution in [0.15, 0.2) is 60.7 Å². The highest BCUT2D eigenvalue weighted by Gasteiger charge is 2.17.